The van der Waals surface area contributed by atoms with Gasteiger partial charge in [0.1, 0.15) is 0 Å². The minimum atomic E-state index is -0.0382. The van der Waals surface area contributed by atoms with E-state index in [1.54, 1.807) is 0 Å². The van der Waals surface area contributed by atoms with E-state index in [1.807, 2.05) is 0 Å². The lowest BCUT2D eigenvalue weighted by molar-refractivity contribution is -0.126. The number of nitrogens with one attached hydrogen (secondary N) is 1. The third-order valence-electron chi connectivity index (χ3n) is 2.59. The van der Waals surface area contributed by atoms with Crippen molar-refractivity contribution in [2.45, 2.75) is 38.6 Å². The van der Waals surface area contributed by atoms with Gasteiger partial charge >= 0.3 is 0 Å². The first-order valence-electron chi connectivity index (χ1n) is 5.04. The molecule has 1 rings (SSSR count). The van der Waals surface area contributed by atoms with Crippen molar-refractivity contribution in [3.63, 3.8) is 0 Å². The fourth-order valence-corrected chi connectivity index (χ4v) is 1.90. The molecule has 1 aliphatic rings. The Balaban J connectivity index is 2.49. The van der Waals surface area contributed by atoms with Crippen molar-refractivity contribution in [1.82, 2.24) is 10.3 Å². The molecular weight excluding hydrogens is 166 g/mol. The van der Waals surface area contributed by atoms with E-state index >= 15 is 0 Å². The minimum Gasteiger partial charge on any atom is -0.293 e. The van der Waals surface area contributed by atoms with E-state index in [4.69, 9.17) is 5.84 Å². The summed E-state index contributed by atoms with van der Waals surface area (Å²) in [5.74, 6) is 5.11. The van der Waals surface area contributed by atoms with E-state index in [2.05, 4.69) is 17.2 Å². The molecule has 3 N–H and O–H groups in total. The van der Waals surface area contributed by atoms with Gasteiger partial charge in [0, 0.05) is 0 Å². The van der Waals surface area contributed by atoms with Gasteiger partial charge in [-0.15, -0.1) is 0 Å². The highest BCUT2D eigenvalue weighted by Crippen LogP contribution is 2.15. The lowest BCUT2D eigenvalue weighted by Gasteiger charge is -2.25. The van der Waals surface area contributed by atoms with Crippen LogP contribution in [0.1, 0.15) is 32.6 Å². The summed E-state index contributed by atoms with van der Waals surface area (Å²) in [5.41, 5.74) is 2.25. The molecule has 1 atom stereocenters. The summed E-state index contributed by atoms with van der Waals surface area (Å²) < 4.78 is 0. The van der Waals surface area contributed by atoms with E-state index < -0.39 is 0 Å². The van der Waals surface area contributed by atoms with Crippen LogP contribution in [0.2, 0.25) is 0 Å². The number of amides is 1. The number of likely N-dealkylation sites (tertiary alicyclic amines) is 1. The van der Waals surface area contributed by atoms with Gasteiger partial charge in [0.15, 0.2) is 0 Å². The van der Waals surface area contributed by atoms with Crippen LogP contribution in [0.5, 0.6) is 0 Å². The van der Waals surface area contributed by atoms with E-state index in [9.17, 15) is 4.79 Å². The standard InChI is InChI=1S/C9H19N3O/c1-2-5-8(9(13)11-10)12-6-3-4-7-12/h8H,2-7,10H2,1H3,(H,11,13). The maximum absolute atomic E-state index is 11.4. The summed E-state index contributed by atoms with van der Waals surface area (Å²) in [5, 5.41) is 0. The Hall–Kier alpha value is -0.610. The molecule has 0 saturated carbocycles. The van der Waals surface area contributed by atoms with Crippen molar-refractivity contribution >= 4 is 5.91 Å². The molecule has 1 heterocycles. The minimum absolute atomic E-state index is 0.00231. The Morgan fingerprint density at radius 1 is 1.54 bits per heavy atom. The van der Waals surface area contributed by atoms with Crippen LogP contribution >= 0.6 is 0 Å². The third kappa shape index (κ3) is 2.67. The molecule has 1 unspecified atom stereocenters. The molecule has 0 aliphatic carbocycles. The maximum Gasteiger partial charge on any atom is 0.251 e. The van der Waals surface area contributed by atoms with Crippen LogP contribution in [0.4, 0.5) is 0 Å². The van der Waals surface area contributed by atoms with Gasteiger partial charge in [0.05, 0.1) is 6.04 Å². The molecule has 0 bridgehead atoms. The van der Waals surface area contributed by atoms with Crippen LogP contribution in [0.3, 0.4) is 0 Å². The average Bonchev–Trinajstić information content (AvgIpc) is 2.65. The topological polar surface area (TPSA) is 58.4 Å². The average molecular weight is 185 g/mol. The molecule has 1 aliphatic heterocycles. The molecule has 4 heteroatoms. The first kappa shape index (κ1) is 10.5. The van der Waals surface area contributed by atoms with Crippen LogP contribution in [-0.4, -0.2) is 29.9 Å². The predicted molar refractivity (Wildman–Crippen MR) is 51.8 cm³/mol. The molecule has 0 aromatic heterocycles. The summed E-state index contributed by atoms with van der Waals surface area (Å²) in [6.07, 6.45) is 4.34. The quantitative estimate of drug-likeness (QED) is 0.375. The third-order valence-corrected chi connectivity index (χ3v) is 2.59. The Kier molecular flexibility index (Phi) is 4.18. The zero-order valence-electron chi connectivity index (χ0n) is 8.25. The van der Waals surface area contributed by atoms with E-state index in [1.165, 1.54) is 12.8 Å². The fraction of sp³-hybridized carbons (Fsp3) is 0.889. The number of nitrogens with zero attached hydrogens (tertiary/aromatic N) is 1. The lowest BCUT2D eigenvalue weighted by atomic mass is 10.1. The summed E-state index contributed by atoms with van der Waals surface area (Å²) in [4.78, 5) is 13.6. The summed E-state index contributed by atoms with van der Waals surface area (Å²) in [6.45, 7) is 4.17. The first-order valence-corrected chi connectivity index (χ1v) is 5.04. The number of carbonyl (C=O) groups excluding carboxylic acids is 1. The first-order chi connectivity index (χ1) is 6.29. The van der Waals surface area contributed by atoms with Crippen molar-refractivity contribution in [3.8, 4) is 0 Å². The normalized spacial score (nSPS) is 20.2. The summed E-state index contributed by atoms with van der Waals surface area (Å²) >= 11 is 0. The number of rotatable bonds is 4. The van der Waals surface area contributed by atoms with Crippen LogP contribution in [0.25, 0.3) is 0 Å². The van der Waals surface area contributed by atoms with Gasteiger partial charge in [0.25, 0.3) is 5.91 Å². The summed E-state index contributed by atoms with van der Waals surface area (Å²) in [6, 6.07) is -0.00231. The fourth-order valence-electron chi connectivity index (χ4n) is 1.90. The molecule has 0 aromatic carbocycles. The number of hydrogen-bond donors (Lipinski definition) is 2. The zero-order chi connectivity index (χ0) is 9.68. The highest BCUT2D eigenvalue weighted by Gasteiger charge is 2.26. The number of carbonyl (C=O) groups is 1. The second kappa shape index (κ2) is 5.19. The Bertz CT molecular complexity index is 166. The highest BCUT2D eigenvalue weighted by molar-refractivity contribution is 5.81. The van der Waals surface area contributed by atoms with Crippen LogP contribution in [-0.2, 0) is 4.79 Å². The molecule has 1 saturated heterocycles. The number of hydrogen-bond acceptors (Lipinski definition) is 3. The Morgan fingerprint density at radius 3 is 2.62 bits per heavy atom. The van der Waals surface area contributed by atoms with E-state index in [-0.39, 0.29) is 11.9 Å². The largest absolute Gasteiger partial charge is 0.293 e. The van der Waals surface area contributed by atoms with Gasteiger partial charge in [-0.3, -0.25) is 15.1 Å². The predicted octanol–water partition coefficient (Wildman–Crippen LogP) is 0.241. The monoisotopic (exact) mass is 185 g/mol. The lowest BCUT2D eigenvalue weighted by Crippen LogP contribution is -2.48. The molecule has 1 fully saturated rings. The maximum atomic E-state index is 11.4. The Labute approximate surface area is 79.4 Å². The molecular formula is C9H19N3O. The second-order valence-electron chi connectivity index (χ2n) is 3.56. The van der Waals surface area contributed by atoms with Gasteiger partial charge in [-0.05, 0) is 32.4 Å². The van der Waals surface area contributed by atoms with Crippen LogP contribution in [0, 0.1) is 0 Å². The van der Waals surface area contributed by atoms with Gasteiger partial charge in [-0.1, -0.05) is 13.3 Å². The van der Waals surface area contributed by atoms with Crippen LogP contribution in [0.15, 0.2) is 0 Å². The SMILES string of the molecule is CCCC(C(=O)NN)N1CCCC1. The van der Waals surface area contributed by atoms with Crippen molar-refractivity contribution in [2.75, 3.05) is 13.1 Å². The van der Waals surface area contributed by atoms with Gasteiger partial charge in [0.2, 0.25) is 0 Å². The van der Waals surface area contributed by atoms with Crippen molar-refractivity contribution in [2.24, 2.45) is 5.84 Å². The van der Waals surface area contributed by atoms with Crippen molar-refractivity contribution in [1.29, 1.82) is 0 Å². The van der Waals surface area contributed by atoms with E-state index in [0.29, 0.717) is 0 Å². The van der Waals surface area contributed by atoms with Crippen molar-refractivity contribution < 1.29 is 4.79 Å². The zero-order valence-corrected chi connectivity index (χ0v) is 8.25. The number of hydrazine groups is 1. The van der Waals surface area contributed by atoms with Gasteiger partial charge in [-0.25, -0.2) is 5.84 Å². The molecule has 0 spiro atoms. The van der Waals surface area contributed by atoms with E-state index in [0.717, 1.165) is 25.9 Å². The summed E-state index contributed by atoms with van der Waals surface area (Å²) in [7, 11) is 0. The smallest absolute Gasteiger partial charge is 0.251 e. The molecule has 0 aromatic rings. The molecule has 1 amide bonds. The molecule has 76 valence electrons. The molecule has 4 nitrogen and oxygen atoms in total. The highest BCUT2D eigenvalue weighted by atomic mass is 16.2. The van der Waals surface area contributed by atoms with Gasteiger partial charge in [-0.2, -0.15) is 0 Å². The molecule has 0 radical (unpaired) electrons. The Morgan fingerprint density at radius 2 is 2.15 bits per heavy atom. The van der Waals surface area contributed by atoms with Gasteiger partial charge < -0.3 is 0 Å². The molecule has 13 heavy (non-hydrogen) atoms. The van der Waals surface area contributed by atoms with Crippen molar-refractivity contribution in [3.05, 3.63) is 0 Å². The van der Waals surface area contributed by atoms with Crippen LogP contribution < -0.4 is 11.3 Å². The second-order valence-corrected chi connectivity index (χ2v) is 3.56. The number of nitrogens with two attached hydrogens (primary N) is 1.